The number of phenolic OH excluding ortho intramolecular Hbond substituents is 4. The van der Waals surface area contributed by atoms with Crippen LogP contribution in [0, 0.1) is 0 Å². The molecule has 106 valence electrons. The van der Waals surface area contributed by atoms with Crippen molar-refractivity contribution >= 4 is 10.9 Å². The van der Waals surface area contributed by atoms with Crippen LogP contribution in [0.4, 0.5) is 0 Å². The SMILES string of the molecule is O=c1[nH]c(-c2ccccc2O)nc2cc(O)c(O)c(O)c12. The Balaban J connectivity index is 2.38. The van der Waals surface area contributed by atoms with E-state index in [1.807, 2.05) is 0 Å². The van der Waals surface area contributed by atoms with E-state index in [2.05, 4.69) is 9.97 Å². The maximum atomic E-state index is 12.0. The zero-order chi connectivity index (χ0) is 15.1. The van der Waals surface area contributed by atoms with Gasteiger partial charge in [0.2, 0.25) is 5.75 Å². The maximum Gasteiger partial charge on any atom is 0.262 e. The van der Waals surface area contributed by atoms with Crippen molar-refractivity contribution in [2.24, 2.45) is 0 Å². The van der Waals surface area contributed by atoms with Crippen LogP contribution in [0.5, 0.6) is 23.0 Å². The molecule has 2 aromatic carbocycles. The summed E-state index contributed by atoms with van der Waals surface area (Å²) in [6.07, 6.45) is 0. The summed E-state index contributed by atoms with van der Waals surface area (Å²) < 4.78 is 0. The van der Waals surface area contributed by atoms with E-state index in [4.69, 9.17) is 0 Å². The molecule has 21 heavy (non-hydrogen) atoms. The van der Waals surface area contributed by atoms with Crippen molar-refractivity contribution < 1.29 is 20.4 Å². The molecular formula is C14H10N2O5. The number of fused-ring (bicyclic) bond motifs is 1. The average Bonchev–Trinajstić information content (AvgIpc) is 2.44. The summed E-state index contributed by atoms with van der Waals surface area (Å²) >= 11 is 0. The van der Waals surface area contributed by atoms with Crippen molar-refractivity contribution in [3.63, 3.8) is 0 Å². The van der Waals surface area contributed by atoms with E-state index in [0.717, 1.165) is 6.07 Å². The quantitative estimate of drug-likeness (QED) is 0.430. The van der Waals surface area contributed by atoms with Gasteiger partial charge in [-0.25, -0.2) is 4.98 Å². The molecule has 3 aromatic rings. The minimum atomic E-state index is -0.787. The first kappa shape index (κ1) is 12.8. The van der Waals surface area contributed by atoms with Crippen LogP contribution in [-0.2, 0) is 0 Å². The van der Waals surface area contributed by atoms with Crippen LogP contribution in [0.25, 0.3) is 22.3 Å². The van der Waals surface area contributed by atoms with Crippen molar-refractivity contribution in [1.29, 1.82) is 0 Å². The minimum absolute atomic E-state index is 0.00944. The molecule has 0 bridgehead atoms. The Bertz CT molecular complexity index is 917. The van der Waals surface area contributed by atoms with Gasteiger partial charge in [0.05, 0.1) is 11.1 Å². The number of aromatic nitrogens is 2. The van der Waals surface area contributed by atoms with Gasteiger partial charge in [0, 0.05) is 6.07 Å². The number of aromatic amines is 1. The van der Waals surface area contributed by atoms with Crippen LogP contribution >= 0.6 is 0 Å². The summed E-state index contributed by atoms with van der Waals surface area (Å²) in [7, 11) is 0. The number of benzene rings is 2. The number of para-hydroxylation sites is 1. The third-order valence-electron chi connectivity index (χ3n) is 3.08. The summed E-state index contributed by atoms with van der Waals surface area (Å²) in [6, 6.07) is 7.33. The lowest BCUT2D eigenvalue weighted by Gasteiger charge is -2.07. The normalized spacial score (nSPS) is 10.9. The minimum Gasteiger partial charge on any atom is -0.507 e. The topological polar surface area (TPSA) is 127 Å². The largest absolute Gasteiger partial charge is 0.507 e. The molecule has 5 N–H and O–H groups in total. The van der Waals surface area contributed by atoms with Gasteiger partial charge in [-0.3, -0.25) is 4.79 Å². The second kappa shape index (κ2) is 4.41. The first-order valence-corrected chi connectivity index (χ1v) is 5.95. The standard InChI is InChI=1S/C14H10N2O5/c17-8-4-2-1-3-6(8)13-15-7-5-9(18)11(19)12(20)10(7)14(21)16-13/h1-5,17-20H,(H,15,16,21). The molecule has 0 aliphatic heterocycles. The predicted octanol–water partition coefficient (Wildman–Crippen LogP) is 1.41. The number of nitrogens with one attached hydrogen (secondary N) is 1. The number of rotatable bonds is 1. The van der Waals surface area contributed by atoms with E-state index in [1.165, 1.54) is 6.07 Å². The molecule has 7 heteroatoms. The number of H-pyrrole nitrogens is 1. The fraction of sp³-hybridized carbons (Fsp3) is 0. The zero-order valence-electron chi connectivity index (χ0n) is 10.5. The van der Waals surface area contributed by atoms with E-state index in [-0.39, 0.29) is 22.5 Å². The summed E-state index contributed by atoms with van der Waals surface area (Å²) in [5.74, 6) is -2.13. The molecular weight excluding hydrogens is 276 g/mol. The highest BCUT2D eigenvalue weighted by Crippen LogP contribution is 2.39. The van der Waals surface area contributed by atoms with Gasteiger partial charge in [-0.15, -0.1) is 0 Å². The Kier molecular flexibility index (Phi) is 2.69. The third kappa shape index (κ3) is 1.91. The molecule has 0 unspecified atom stereocenters. The Morgan fingerprint density at radius 3 is 2.38 bits per heavy atom. The molecule has 0 saturated heterocycles. The first-order chi connectivity index (χ1) is 9.99. The predicted molar refractivity (Wildman–Crippen MR) is 74.5 cm³/mol. The Morgan fingerprint density at radius 1 is 0.952 bits per heavy atom. The monoisotopic (exact) mass is 286 g/mol. The smallest absolute Gasteiger partial charge is 0.262 e. The molecule has 0 saturated carbocycles. The lowest BCUT2D eigenvalue weighted by molar-refractivity contribution is 0.371. The molecule has 0 fully saturated rings. The fourth-order valence-electron chi connectivity index (χ4n) is 2.06. The molecule has 7 nitrogen and oxygen atoms in total. The van der Waals surface area contributed by atoms with E-state index in [1.54, 1.807) is 18.2 Å². The summed E-state index contributed by atoms with van der Waals surface area (Å²) in [5, 5.41) is 38.2. The van der Waals surface area contributed by atoms with Gasteiger partial charge < -0.3 is 25.4 Å². The van der Waals surface area contributed by atoms with Gasteiger partial charge in [-0.05, 0) is 12.1 Å². The van der Waals surface area contributed by atoms with Crippen molar-refractivity contribution in [2.75, 3.05) is 0 Å². The highest BCUT2D eigenvalue weighted by molar-refractivity contribution is 5.90. The Morgan fingerprint density at radius 2 is 1.67 bits per heavy atom. The number of hydrogen-bond acceptors (Lipinski definition) is 6. The fourth-order valence-corrected chi connectivity index (χ4v) is 2.06. The molecule has 0 atom stereocenters. The van der Waals surface area contributed by atoms with Crippen molar-refractivity contribution in [2.45, 2.75) is 0 Å². The lowest BCUT2D eigenvalue weighted by Crippen LogP contribution is -2.09. The van der Waals surface area contributed by atoms with Gasteiger partial charge >= 0.3 is 0 Å². The van der Waals surface area contributed by atoms with Crippen molar-refractivity contribution in [1.82, 2.24) is 9.97 Å². The maximum absolute atomic E-state index is 12.0. The number of aromatic hydroxyl groups is 4. The molecule has 3 rings (SSSR count). The summed E-state index contributed by atoms with van der Waals surface area (Å²) in [6.45, 7) is 0. The van der Waals surface area contributed by atoms with Gasteiger partial charge in [0.15, 0.2) is 11.5 Å². The number of hydrogen-bond donors (Lipinski definition) is 5. The summed E-state index contributed by atoms with van der Waals surface area (Å²) in [4.78, 5) is 18.5. The van der Waals surface area contributed by atoms with E-state index >= 15 is 0 Å². The Labute approximate surface area is 117 Å². The molecule has 0 spiro atoms. The van der Waals surface area contributed by atoms with Gasteiger partial charge in [-0.1, -0.05) is 12.1 Å². The van der Waals surface area contributed by atoms with Crippen molar-refractivity contribution in [3.8, 4) is 34.4 Å². The van der Waals surface area contributed by atoms with Gasteiger partial charge in [0.1, 0.15) is 17.0 Å². The molecule has 1 heterocycles. The lowest BCUT2D eigenvalue weighted by atomic mass is 10.1. The summed E-state index contributed by atoms with van der Waals surface area (Å²) in [5.41, 5.74) is -0.417. The van der Waals surface area contributed by atoms with Crippen LogP contribution < -0.4 is 5.56 Å². The van der Waals surface area contributed by atoms with E-state index in [0.29, 0.717) is 5.56 Å². The Hall–Kier alpha value is -3.22. The molecule has 1 aromatic heterocycles. The second-order valence-corrected chi connectivity index (χ2v) is 4.42. The van der Waals surface area contributed by atoms with E-state index < -0.39 is 22.8 Å². The second-order valence-electron chi connectivity index (χ2n) is 4.42. The highest BCUT2D eigenvalue weighted by Gasteiger charge is 2.17. The van der Waals surface area contributed by atoms with Crippen molar-refractivity contribution in [3.05, 3.63) is 40.7 Å². The van der Waals surface area contributed by atoms with Crippen LogP contribution in [0.2, 0.25) is 0 Å². The van der Waals surface area contributed by atoms with Crippen LogP contribution in [0.15, 0.2) is 35.1 Å². The van der Waals surface area contributed by atoms with Crippen LogP contribution in [-0.4, -0.2) is 30.4 Å². The molecule has 0 amide bonds. The first-order valence-electron chi connectivity index (χ1n) is 5.95. The highest BCUT2D eigenvalue weighted by atomic mass is 16.3. The zero-order valence-corrected chi connectivity index (χ0v) is 10.5. The number of nitrogens with zero attached hydrogens (tertiary/aromatic N) is 1. The van der Waals surface area contributed by atoms with Gasteiger partial charge in [0.25, 0.3) is 5.56 Å². The van der Waals surface area contributed by atoms with E-state index in [9.17, 15) is 25.2 Å². The molecule has 0 aliphatic rings. The average molecular weight is 286 g/mol. The molecule has 0 aliphatic carbocycles. The van der Waals surface area contributed by atoms with Crippen LogP contribution in [0.3, 0.4) is 0 Å². The van der Waals surface area contributed by atoms with Crippen LogP contribution in [0.1, 0.15) is 0 Å². The molecule has 0 radical (unpaired) electrons. The number of phenols is 4. The third-order valence-corrected chi connectivity index (χ3v) is 3.08. The van der Waals surface area contributed by atoms with Gasteiger partial charge in [-0.2, -0.15) is 0 Å².